The van der Waals surface area contributed by atoms with E-state index in [1.54, 1.807) is 16.8 Å². The van der Waals surface area contributed by atoms with Crippen LogP contribution in [0.2, 0.25) is 0 Å². The van der Waals surface area contributed by atoms with Gasteiger partial charge in [-0.2, -0.15) is 0 Å². The second-order valence-corrected chi connectivity index (χ2v) is 4.26. The summed E-state index contributed by atoms with van der Waals surface area (Å²) >= 11 is 5.03. The molecule has 1 heterocycles. The zero-order valence-corrected chi connectivity index (χ0v) is 9.10. The first-order valence-electron chi connectivity index (χ1n) is 3.73. The van der Waals surface area contributed by atoms with Gasteiger partial charge in [-0.05, 0) is 6.07 Å². The van der Waals surface area contributed by atoms with Gasteiger partial charge in [0.2, 0.25) is 0 Å². The van der Waals surface area contributed by atoms with E-state index in [0.717, 1.165) is 14.9 Å². The molecule has 2 aromatic rings. The summed E-state index contributed by atoms with van der Waals surface area (Å²) in [4.78, 5) is 5.03. The molecule has 0 amide bonds. The van der Waals surface area contributed by atoms with Crippen LogP contribution in [0.4, 0.5) is 5.82 Å². The standard InChI is InChI=1S/C9H7BrN2S/c10-7-4-2-1-3-6(7)8-9(11)12-5-13-8/h1-5H,11H2. The molecule has 0 saturated carbocycles. The molecule has 4 heteroatoms. The summed E-state index contributed by atoms with van der Waals surface area (Å²) in [5.41, 5.74) is 8.57. The lowest BCUT2D eigenvalue weighted by Gasteiger charge is -2.00. The largest absolute Gasteiger partial charge is 0.382 e. The summed E-state index contributed by atoms with van der Waals surface area (Å²) in [6.07, 6.45) is 0. The van der Waals surface area contributed by atoms with Crippen molar-refractivity contribution in [2.45, 2.75) is 0 Å². The van der Waals surface area contributed by atoms with E-state index in [-0.39, 0.29) is 0 Å². The van der Waals surface area contributed by atoms with Crippen LogP contribution >= 0.6 is 27.3 Å². The monoisotopic (exact) mass is 254 g/mol. The number of benzene rings is 1. The Morgan fingerprint density at radius 1 is 1.31 bits per heavy atom. The summed E-state index contributed by atoms with van der Waals surface area (Å²) in [7, 11) is 0. The second-order valence-electron chi connectivity index (χ2n) is 2.55. The van der Waals surface area contributed by atoms with Crippen molar-refractivity contribution in [2.75, 3.05) is 5.73 Å². The first kappa shape index (κ1) is 8.72. The van der Waals surface area contributed by atoms with Crippen LogP contribution in [0.3, 0.4) is 0 Å². The van der Waals surface area contributed by atoms with Gasteiger partial charge in [-0.3, -0.25) is 0 Å². The average Bonchev–Trinajstić information content (AvgIpc) is 2.52. The smallest absolute Gasteiger partial charge is 0.142 e. The van der Waals surface area contributed by atoms with Gasteiger partial charge in [-0.15, -0.1) is 11.3 Å². The van der Waals surface area contributed by atoms with Crippen molar-refractivity contribution in [3.8, 4) is 10.4 Å². The van der Waals surface area contributed by atoms with Crippen LogP contribution in [0, 0.1) is 0 Å². The summed E-state index contributed by atoms with van der Waals surface area (Å²) in [6, 6.07) is 7.98. The molecule has 0 fully saturated rings. The van der Waals surface area contributed by atoms with Crippen molar-refractivity contribution in [3.63, 3.8) is 0 Å². The first-order valence-corrected chi connectivity index (χ1v) is 5.40. The van der Waals surface area contributed by atoms with E-state index in [0.29, 0.717) is 5.82 Å². The predicted octanol–water partition coefficient (Wildman–Crippen LogP) is 3.15. The Morgan fingerprint density at radius 2 is 2.08 bits per heavy atom. The number of hydrogen-bond acceptors (Lipinski definition) is 3. The fourth-order valence-corrected chi connectivity index (χ4v) is 2.47. The Balaban J connectivity index is 2.59. The van der Waals surface area contributed by atoms with Crippen molar-refractivity contribution in [2.24, 2.45) is 0 Å². The minimum atomic E-state index is 0.594. The summed E-state index contributed by atoms with van der Waals surface area (Å²) < 4.78 is 1.05. The summed E-state index contributed by atoms with van der Waals surface area (Å²) in [5.74, 6) is 0.594. The van der Waals surface area contributed by atoms with Crippen LogP contribution in [0.5, 0.6) is 0 Å². The Bertz CT molecular complexity index is 425. The highest BCUT2D eigenvalue weighted by Gasteiger charge is 2.07. The van der Waals surface area contributed by atoms with E-state index in [1.807, 2.05) is 24.3 Å². The quantitative estimate of drug-likeness (QED) is 0.850. The van der Waals surface area contributed by atoms with E-state index >= 15 is 0 Å². The molecular formula is C9H7BrN2S. The molecule has 2 N–H and O–H groups in total. The zero-order chi connectivity index (χ0) is 9.26. The highest BCUT2D eigenvalue weighted by molar-refractivity contribution is 9.10. The lowest BCUT2D eigenvalue weighted by molar-refractivity contribution is 1.42. The fraction of sp³-hybridized carbons (Fsp3) is 0. The molecule has 0 unspecified atom stereocenters. The average molecular weight is 255 g/mol. The molecule has 66 valence electrons. The molecule has 0 aliphatic heterocycles. The number of nitrogens with two attached hydrogens (primary N) is 1. The van der Waals surface area contributed by atoms with Gasteiger partial charge in [0.15, 0.2) is 0 Å². The third-order valence-electron chi connectivity index (χ3n) is 1.71. The molecule has 13 heavy (non-hydrogen) atoms. The van der Waals surface area contributed by atoms with Gasteiger partial charge in [-0.1, -0.05) is 34.1 Å². The van der Waals surface area contributed by atoms with Gasteiger partial charge < -0.3 is 5.73 Å². The Labute approximate surface area is 88.6 Å². The Morgan fingerprint density at radius 3 is 2.69 bits per heavy atom. The van der Waals surface area contributed by atoms with E-state index in [1.165, 1.54) is 0 Å². The highest BCUT2D eigenvalue weighted by atomic mass is 79.9. The van der Waals surface area contributed by atoms with Crippen LogP contribution in [-0.4, -0.2) is 4.98 Å². The van der Waals surface area contributed by atoms with E-state index in [4.69, 9.17) is 5.73 Å². The number of halogens is 1. The SMILES string of the molecule is Nc1ncsc1-c1ccccc1Br. The molecular weight excluding hydrogens is 248 g/mol. The van der Waals surface area contributed by atoms with Crippen LogP contribution in [-0.2, 0) is 0 Å². The van der Waals surface area contributed by atoms with Crippen molar-refractivity contribution in [3.05, 3.63) is 34.2 Å². The summed E-state index contributed by atoms with van der Waals surface area (Å²) in [5, 5.41) is 0. The van der Waals surface area contributed by atoms with E-state index in [2.05, 4.69) is 20.9 Å². The van der Waals surface area contributed by atoms with Crippen LogP contribution in [0.1, 0.15) is 0 Å². The van der Waals surface area contributed by atoms with Crippen molar-refractivity contribution >= 4 is 33.1 Å². The highest BCUT2D eigenvalue weighted by Crippen LogP contribution is 2.34. The molecule has 0 spiro atoms. The normalized spacial score (nSPS) is 10.2. The van der Waals surface area contributed by atoms with Crippen molar-refractivity contribution in [1.82, 2.24) is 4.98 Å². The molecule has 0 radical (unpaired) electrons. The molecule has 1 aromatic carbocycles. The fourth-order valence-electron chi connectivity index (χ4n) is 1.10. The number of nitrogens with zero attached hydrogens (tertiary/aromatic N) is 1. The predicted molar refractivity (Wildman–Crippen MR) is 59.7 cm³/mol. The number of aromatic nitrogens is 1. The maximum atomic E-state index is 5.72. The van der Waals surface area contributed by atoms with Crippen molar-refractivity contribution < 1.29 is 0 Å². The lowest BCUT2D eigenvalue weighted by Crippen LogP contribution is -1.86. The number of nitrogen functional groups attached to an aromatic ring is 1. The van der Waals surface area contributed by atoms with Gasteiger partial charge in [0.05, 0.1) is 10.4 Å². The van der Waals surface area contributed by atoms with Crippen molar-refractivity contribution in [1.29, 1.82) is 0 Å². The maximum Gasteiger partial charge on any atom is 0.142 e. The minimum Gasteiger partial charge on any atom is -0.382 e. The van der Waals surface area contributed by atoms with Crippen LogP contribution < -0.4 is 5.73 Å². The molecule has 0 aliphatic rings. The summed E-state index contributed by atoms with van der Waals surface area (Å²) in [6.45, 7) is 0. The Kier molecular flexibility index (Phi) is 2.33. The lowest BCUT2D eigenvalue weighted by atomic mass is 10.2. The molecule has 0 bridgehead atoms. The Hall–Kier alpha value is -0.870. The third-order valence-corrected chi connectivity index (χ3v) is 3.28. The molecule has 2 rings (SSSR count). The minimum absolute atomic E-state index is 0.594. The number of thiazole rings is 1. The van der Waals surface area contributed by atoms with Gasteiger partial charge >= 0.3 is 0 Å². The van der Waals surface area contributed by atoms with Crippen LogP contribution in [0.15, 0.2) is 34.2 Å². The molecule has 0 saturated heterocycles. The molecule has 2 nitrogen and oxygen atoms in total. The number of hydrogen-bond donors (Lipinski definition) is 1. The number of rotatable bonds is 1. The molecule has 0 aliphatic carbocycles. The van der Waals surface area contributed by atoms with E-state index in [9.17, 15) is 0 Å². The second kappa shape index (κ2) is 3.47. The van der Waals surface area contributed by atoms with Gasteiger partial charge in [-0.25, -0.2) is 4.98 Å². The zero-order valence-electron chi connectivity index (χ0n) is 6.70. The van der Waals surface area contributed by atoms with E-state index < -0.39 is 0 Å². The van der Waals surface area contributed by atoms with Gasteiger partial charge in [0.1, 0.15) is 5.82 Å². The third kappa shape index (κ3) is 1.59. The first-order chi connectivity index (χ1) is 6.29. The van der Waals surface area contributed by atoms with Crippen LogP contribution in [0.25, 0.3) is 10.4 Å². The molecule has 0 atom stereocenters. The number of anilines is 1. The van der Waals surface area contributed by atoms with Gasteiger partial charge in [0, 0.05) is 10.0 Å². The maximum absolute atomic E-state index is 5.72. The van der Waals surface area contributed by atoms with Gasteiger partial charge in [0.25, 0.3) is 0 Å². The molecule has 1 aromatic heterocycles. The topological polar surface area (TPSA) is 38.9 Å².